The molecule has 0 atom stereocenters. The summed E-state index contributed by atoms with van der Waals surface area (Å²) in [6.07, 6.45) is 1.74. The van der Waals surface area contributed by atoms with Crippen molar-refractivity contribution in [3.05, 3.63) is 188 Å². The fraction of sp³-hybridized carbons (Fsp3) is 0. The summed E-state index contributed by atoms with van der Waals surface area (Å²) in [6.45, 7) is 0. The minimum absolute atomic E-state index is 0.987. The van der Waals surface area contributed by atoms with Crippen molar-refractivity contribution in [1.82, 2.24) is 14.5 Å². The summed E-state index contributed by atoms with van der Waals surface area (Å²) in [6, 6.07) is 66.0. The number of thiophene rings is 2. The lowest BCUT2D eigenvalue weighted by molar-refractivity contribution is 1.18. The molecule has 8 aromatic carbocycles. The Balaban J connectivity index is 0.977. The molecule has 4 heterocycles. The predicted octanol–water partition coefficient (Wildman–Crippen LogP) is 15.0. The van der Waals surface area contributed by atoms with Gasteiger partial charge in [-0.1, -0.05) is 121 Å². The standard InChI is InChI=1S/C52H31N3S2/c1-3-10-32(11-4-1)33-18-20-34(21-19-33)35-23-27-47-43(30-35)51-52(57-47)50(53-31-54-51)40-15-9-17-48-49(40)42-29-37(24-26-46(42)56-48)36-22-25-45-41(28-36)39-14-7-8-16-44(39)55(45)38-12-5-2-6-13-38/h1-31H. The Morgan fingerprint density at radius 1 is 0.386 bits per heavy atom. The average molecular weight is 762 g/mol. The monoisotopic (exact) mass is 761 g/mol. The highest BCUT2D eigenvalue weighted by atomic mass is 32.1. The molecule has 0 aliphatic rings. The molecular formula is C52H31N3S2. The van der Waals surface area contributed by atoms with Crippen molar-refractivity contribution >= 4 is 85.0 Å². The van der Waals surface area contributed by atoms with Crippen LogP contribution in [-0.4, -0.2) is 14.5 Å². The normalized spacial score (nSPS) is 11.9. The number of aromatic nitrogens is 3. The number of nitrogens with zero attached hydrogens (tertiary/aromatic N) is 3. The van der Waals surface area contributed by atoms with Crippen LogP contribution in [0.1, 0.15) is 0 Å². The Morgan fingerprint density at radius 3 is 1.79 bits per heavy atom. The van der Waals surface area contributed by atoms with Crippen molar-refractivity contribution in [2.24, 2.45) is 0 Å². The van der Waals surface area contributed by atoms with Gasteiger partial charge in [0.1, 0.15) is 6.33 Å². The third kappa shape index (κ3) is 5.17. The first-order valence-electron chi connectivity index (χ1n) is 19.1. The molecule has 0 N–H and O–H groups in total. The zero-order valence-electron chi connectivity index (χ0n) is 30.6. The zero-order chi connectivity index (χ0) is 37.5. The van der Waals surface area contributed by atoms with Crippen LogP contribution < -0.4 is 0 Å². The van der Waals surface area contributed by atoms with E-state index in [4.69, 9.17) is 9.97 Å². The SMILES string of the molecule is c1ccc(-c2ccc(-c3ccc4sc5c(-c6cccc7sc8ccc(-c9ccc%10c(c9)c9ccccc9n%10-c9ccccc9)cc8c67)ncnc5c4c3)cc2)cc1. The fourth-order valence-corrected chi connectivity index (χ4v) is 10.9. The van der Waals surface area contributed by atoms with Crippen molar-refractivity contribution in [3.63, 3.8) is 0 Å². The molecule has 0 bridgehead atoms. The van der Waals surface area contributed by atoms with Gasteiger partial charge in [-0.25, -0.2) is 9.97 Å². The molecule has 0 fully saturated rings. The maximum atomic E-state index is 5.00. The molecule has 0 saturated heterocycles. The van der Waals surface area contributed by atoms with Gasteiger partial charge in [-0.05, 0) is 94.0 Å². The van der Waals surface area contributed by atoms with E-state index in [-0.39, 0.29) is 0 Å². The summed E-state index contributed by atoms with van der Waals surface area (Å²) in [4.78, 5) is 9.90. The maximum absolute atomic E-state index is 5.00. The smallest absolute Gasteiger partial charge is 0.116 e. The third-order valence-corrected chi connectivity index (χ3v) is 13.6. The highest BCUT2D eigenvalue weighted by Crippen LogP contribution is 2.45. The summed E-state index contributed by atoms with van der Waals surface area (Å²) in [7, 11) is 0. The second-order valence-electron chi connectivity index (χ2n) is 14.6. The van der Waals surface area contributed by atoms with Crippen molar-refractivity contribution in [1.29, 1.82) is 0 Å². The molecule has 12 aromatic rings. The first-order valence-corrected chi connectivity index (χ1v) is 20.8. The third-order valence-electron chi connectivity index (χ3n) is 11.3. The quantitative estimate of drug-likeness (QED) is 0.175. The Morgan fingerprint density at radius 2 is 0.982 bits per heavy atom. The van der Waals surface area contributed by atoms with Gasteiger partial charge in [0.25, 0.3) is 0 Å². The highest BCUT2D eigenvalue weighted by molar-refractivity contribution is 7.26. The van der Waals surface area contributed by atoms with Crippen LogP contribution in [0.5, 0.6) is 0 Å². The lowest BCUT2D eigenvalue weighted by atomic mass is 9.98. The molecule has 266 valence electrons. The number of hydrogen-bond donors (Lipinski definition) is 0. The number of hydrogen-bond acceptors (Lipinski definition) is 4. The molecule has 0 amide bonds. The van der Waals surface area contributed by atoms with Crippen molar-refractivity contribution < 1.29 is 0 Å². The number of rotatable bonds is 5. The predicted molar refractivity (Wildman–Crippen MR) is 244 cm³/mol. The molecule has 0 unspecified atom stereocenters. The summed E-state index contributed by atoms with van der Waals surface area (Å²) < 4.78 is 7.23. The molecule has 0 radical (unpaired) electrons. The van der Waals surface area contributed by atoms with Crippen molar-refractivity contribution in [2.45, 2.75) is 0 Å². The largest absolute Gasteiger partial charge is 0.309 e. The van der Waals surface area contributed by atoms with Gasteiger partial charge >= 0.3 is 0 Å². The van der Waals surface area contributed by atoms with E-state index < -0.39 is 0 Å². The van der Waals surface area contributed by atoms with Gasteiger partial charge in [0, 0.05) is 52.3 Å². The van der Waals surface area contributed by atoms with Crippen molar-refractivity contribution in [2.75, 3.05) is 0 Å². The van der Waals surface area contributed by atoms with E-state index in [1.807, 2.05) is 11.3 Å². The maximum Gasteiger partial charge on any atom is 0.116 e. The minimum atomic E-state index is 0.987. The van der Waals surface area contributed by atoms with Crippen LogP contribution in [0.15, 0.2) is 188 Å². The molecule has 0 saturated carbocycles. The van der Waals surface area contributed by atoms with Crippen LogP contribution in [0.25, 0.3) is 113 Å². The molecule has 3 nitrogen and oxygen atoms in total. The molecule has 57 heavy (non-hydrogen) atoms. The van der Waals surface area contributed by atoms with Crippen LogP contribution >= 0.6 is 22.7 Å². The number of fused-ring (bicyclic) bond motifs is 9. The molecular weight excluding hydrogens is 731 g/mol. The van der Waals surface area contributed by atoms with Gasteiger partial charge in [-0.2, -0.15) is 0 Å². The Hall–Kier alpha value is -6.92. The van der Waals surface area contributed by atoms with Gasteiger partial charge in [0.05, 0.1) is 26.9 Å². The van der Waals surface area contributed by atoms with E-state index in [0.29, 0.717) is 0 Å². The van der Waals surface area contributed by atoms with E-state index in [9.17, 15) is 0 Å². The second-order valence-corrected chi connectivity index (χ2v) is 16.7. The Bertz CT molecular complexity index is 3500. The van der Waals surface area contributed by atoms with E-state index in [0.717, 1.165) is 26.9 Å². The van der Waals surface area contributed by atoms with E-state index in [2.05, 4.69) is 187 Å². The van der Waals surface area contributed by atoms with Crippen LogP contribution in [0.3, 0.4) is 0 Å². The van der Waals surface area contributed by atoms with Gasteiger partial charge in [0.15, 0.2) is 0 Å². The van der Waals surface area contributed by atoms with Crippen molar-refractivity contribution in [3.8, 4) is 50.3 Å². The van der Waals surface area contributed by atoms with Crippen LogP contribution in [0.4, 0.5) is 0 Å². The van der Waals surface area contributed by atoms with Gasteiger partial charge < -0.3 is 4.57 Å². The molecule has 0 spiro atoms. The molecule has 0 aliphatic carbocycles. The molecule has 5 heteroatoms. The lowest BCUT2D eigenvalue weighted by Gasteiger charge is -2.08. The molecule has 12 rings (SSSR count). The van der Waals surface area contributed by atoms with Crippen LogP contribution in [-0.2, 0) is 0 Å². The Kier molecular flexibility index (Phi) is 7.27. The van der Waals surface area contributed by atoms with Gasteiger partial charge in [0.2, 0.25) is 0 Å². The van der Waals surface area contributed by atoms with Gasteiger partial charge in [-0.15, -0.1) is 22.7 Å². The Labute approximate surface area is 336 Å². The van der Waals surface area contributed by atoms with E-state index in [1.165, 1.54) is 85.7 Å². The zero-order valence-corrected chi connectivity index (χ0v) is 32.2. The molecule has 0 aliphatic heterocycles. The van der Waals surface area contributed by atoms with Gasteiger partial charge in [-0.3, -0.25) is 0 Å². The summed E-state index contributed by atoms with van der Waals surface area (Å²) in [5, 5.41) is 6.17. The highest BCUT2D eigenvalue weighted by Gasteiger charge is 2.19. The fourth-order valence-electron chi connectivity index (χ4n) is 8.64. The first kappa shape index (κ1) is 32.3. The lowest BCUT2D eigenvalue weighted by Crippen LogP contribution is -1.92. The van der Waals surface area contributed by atoms with Crippen LogP contribution in [0.2, 0.25) is 0 Å². The summed E-state index contributed by atoms with van der Waals surface area (Å²) in [5.41, 5.74) is 14.0. The van der Waals surface area contributed by atoms with Crippen LogP contribution in [0, 0.1) is 0 Å². The summed E-state index contributed by atoms with van der Waals surface area (Å²) in [5.74, 6) is 0. The molecule has 4 aromatic heterocycles. The van der Waals surface area contributed by atoms with E-state index >= 15 is 0 Å². The minimum Gasteiger partial charge on any atom is -0.309 e. The average Bonchev–Trinajstić information content (AvgIpc) is 3.96. The first-order chi connectivity index (χ1) is 28.2. The topological polar surface area (TPSA) is 30.7 Å². The second kappa shape index (κ2) is 12.8. The van der Waals surface area contributed by atoms with E-state index in [1.54, 1.807) is 17.7 Å². The number of para-hydroxylation sites is 2. The number of benzene rings is 8. The summed E-state index contributed by atoms with van der Waals surface area (Å²) >= 11 is 3.63.